The minimum atomic E-state index is -1.16. The highest BCUT2D eigenvalue weighted by Gasteiger charge is 2.21. The van der Waals surface area contributed by atoms with Crippen molar-refractivity contribution in [2.75, 3.05) is 18.4 Å². The second-order valence-corrected chi connectivity index (χ2v) is 6.35. The van der Waals surface area contributed by atoms with Gasteiger partial charge in [0.25, 0.3) is 0 Å². The summed E-state index contributed by atoms with van der Waals surface area (Å²) >= 11 is 0. The minimum absolute atomic E-state index is 0.0286. The number of rotatable bonds is 4. The number of amides is 1. The summed E-state index contributed by atoms with van der Waals surface area (Å²) in [5.41, 5.74) is 0.977. The molecule has 3 rings (SSSR count). The highest BCUT2D eigenvalue weighted by atomic mass is 19.2. The van der Waals surface area contributed by atoms with E-state index in [0.29, 0.717) is 19.6 Å². The molecule has 1 saturated heterocycles. The minimum Gasteiger partial charge on any atom is -0.407 e. The number of hydrogen-bond acceptors (Lipinski definition) is 3. The largest absolute Gasteiger partial charge is 0.415 e. The monoisotopic (exact) mass is 360 g/mol. The number of likely N-dealkylation sites (tertiary alicyclic amines) is 1. The van der Waals surface area contributed by atoms with Crippen molar-refractivity contribution in [2.24, 2.45) is 0 Å². The molecular weight excluding hydrogens is 338 g/mol. The average molecular weight is 360 g/mol. The van der Waals surface area contributed by atoms with Gasteiger partial charge in [0.2, 0.25) is 5.82 Å². The number of carbonyl (C=O) groups excluding carboxylic acids is 1. The quantitative estimate of drug-likeness (QED) is 0.839. The summed E-state index contributed by atoms with van der Waals surface area (Å²) in [6.07, 6.45) is 3.29. The Hall–Kier alpha value is -2.63. The van der Waals surface area contributed by atoms with Gasteiger partial charge in [-0.15, -0.1) is 0 Å². The molecule has 0 atom stereocenters. The second-order valence-electron chi connectivity index (χ2n) is 6.35. The fourth-order valence-electron chi connectivity index (χ4n) is 2.95. The molecule has 0 unspecified atom stereocenters. The van der Waals surface area contributed by atoms with E-state index in [2.05, 4.69) is 5.32 Å². The molecule has 0 spiro atoms. The standard InChI is InChI=1S/C20H22F2N2O2/c21-18-16(23-14-15-8-4-3-5-9-15)10-11-17(19(18)22)26-20(25)24-12-6-1-2-7-13-24/h3-5,8-11,23H,1-2,6-7,12-14H2. The molecule has 138 valence electrons. The summed E-state index contributed by atoms with van der Waals surface area (Å²) in [7, 11) is 0. The smallest absolute Gasteiger partial charge is 0.407 e. The van der Waals surface area contributed by atoms with Crippen LogP contribution in [0.1, 0.15) is 31.2 Å². The summed E-state index contributed by atoms with van der Waals surface area (Å²) in [6.45, 7) is 1.53. The molecule has 0 bridgehead atoms. The molecule has 6 heteroatoms. The molecule has 1 aliphatic rings. The van der Waals surface area contributed by atoms with Crippen LogP contribution in [0, 0.1) is 11.6 Å². The predicted octanol–water partition coefficient (Wildman–Crippen LogP) is 4.95. The highest BCUT2D eigenvalue weighted by Crippen LogP contribution is 2.27. The van der Waals surface area contributed by atoms with E-state index in [-0.39, 0.29) is 11.4 Å². The SMILES string of the molecule is O=C(Oc1ccc(NCc2ccccc2)c(F)c1F)N1CCCCCC1. The zero-order valence-corrected chi connectivity index (χ0v) is 14.5. The zero-order valence-electron chi connectivity index (χ0n) is 14.5. The van der Waals surface area contributed by atoms with Crippen LogP contribution in [0.15, 0.2) is 42.5 Å². The van der Waals surface area contributed by atoms with Crippen LogP contribution in [0.4, 0.5) is 19.3 Å². The van der Waals surface area contributed by atoms with Gasteiger partial charge in [0.1, 0.15) is 0 Å². The van der Waals surface area contributed by atoms with Crippen molar-refractivity contribution in [2.45, 2.75) is 32.2 Å². The molecule has 1 heterocycles. The Kier molecular flexibility index (Phi) is 6.04. The van der Waals surface area contributed by atoms with Gasteiger partial charge in [0, 0.05) is 19.6 Å². The first-order valence-corrected chi connectivity index (χ1v) is 8.87. The van der Waals surface area contributed by atoms with Gasteiger partial charge in [-0.3, -0.25) is 0 Å². The summed E-state index contributed by atoms with van der Waals surface area (Å²) < 4.78 is 33.6. The maximum Gasteiger partial charge on any atom is 0.415 e. The Morgan fingerprint density at radius 3 is 2.35 bits per heavy atom. The lowest BCUT2D eigenvalue weighted by Crippen LogP contribution is -2.34. The van der Waals surface area contributed by atoms with Gasteiger partial charge >= 0.3 is 6.09 Å². The van der Waals surface area contributed by atoms with Crippen molar-refractivity contribution in [1.29, 1.82) is 0 Å². The molecule has 1 aliphatic heterocycles. The predicted molar refractivity (Wildman–Crippen MR) is 96.2 cm³/mol. The molecule has 4 nitrogen and oxygen atoms in total. The molecule has 0 saturated carbocycles. The number of benzene rings is 2. The van der Waals surface area contributed by atoms with E-state index in [4.69, 9.17) is 4.74 Å². The van der Waals surface area contributed by atoms with E-state index in [1.165, 1.54) is 12.1 Å². The van der Waals surface area contributed by atoms with Crippen LogP contribution in [0.5, 0.6) is 5.75 Å². The van der Waals surface area contributed by atoms with Crippen molar-refractivity contribution < 1.29 is 18.3 Å². The van der Waals surface area contributed by atoms with Gasteiger partial charge in [0.15, 0.2) is 11.6 Å². The molecule has 26 heavy (non-hydrogen) atoms. The lowest BCUT2D eigenvalue weighted by atomic mass is 10.2. The van der Waals surface area contributed by atoms with Crippen LogP contribution in [0.25, 0.3) is 0 Å². The van der Waals surface area contributed by atoms with Gasteiger partial charge in [-0.05, 0) is 30.5 Å². The Morgan fingerprint density at radius 1 is 0.962 bits per heavy atom. The topological polar surface area (TPSA) is 41.6 Å². The van der Waals surface area contributed by atoms with E-state index < -0.39 is 17.7 Å². The maximum atomic E-state index is 14.3. The summed E-state index contributed by atoms with van der Waals surface area (Å²) in [4.78, 5) is 13.7. The van der Waals surface area contributed by atoms with Gasteiger partial charge in [0.05, 0.1) is 5.69 Å². The van der Waals surface area contributed by atoms with Crippen LogP contribution >= 0.6 is 0 Å². The van der Waals surface area contributed by atoms with Crippen molar-refractivity contribution in [3.8, 4) is 5.75 Å². The second kappa shape index (κ2) is 8.65. The van der Waals surface area contributed by atoms with Crippen LogP contribution in [-0.2, 0) is 6.54 Å². The maximum absolute atomic E-state index is 14.3. The summed E-state index contributed by atoms with van der Waals surface area (Å²) in [6, 6.07) is 12.1. The third kappa shape index (κ3) is 4.50. The van der Waals surface area contributed by atoms with Crippen LogP contribution < -0.4 is 10.1 Å². The van der Waals surface area contributed by atoms with E-state index >= 15 is 0 Å². The fourth-order valence-corrected chi connectivity index (χ4v) is 2.95. The number of ether oxygens (including phenoxy) is 1. The van der Waals surface area contributed by atoms with E-state index in [1.807, 2.05) is 30.3 Å². The summed E-state index contributed by atoms with van der Waals surface area (Å²) in [5.74, 6) is -2.60. The average Bonchev–Trinajstić information content (AvgIpc) is 2.95. The van der Waals surface area contributed by atoms with Gasteiger partial charge in [-0.2, -0.15) is 4.39 Å². The third-order valence-electron chi connectivity index (χ3n) is 4.43. The van der Waals surface area contributed by atoms with Crippen LogP contribution in [0.3, 0.4) is 0 Å². The van der Waals surface area contributed by atoms with Crippen LogP contribution in [0.2, 0.25) is 0 Å². The van der Waals surface area contributed by atoms with Gasteiger partial charge in [-0.25, -0.2) is 9.18 Å². The molecule has 1 fully saturated rings. The van der Waals surface area contributed by atoms with Crippen molar-refractivity contribution >= 4 is 11.8 Å². The number of carbonyl (C=O) groups is 1. The molecule has 0 radical (unpaired) electrons. The van der Waals surface area contributed by atoms with Crippen molar-refractivity contribution in [3.05, 3.63) is 59.7 Å². The number of anilines is 1. The first-order chi connectivity index (χ1) is 12.6. The Labute approximate surface area is 151 Å². The number of nitrogens with zero attached hydrogens (tertiary/aromatic N) is 1. The first kappa shape index (κ1) is 18.2. The van der Waals surface area contributed by atoms with E-state index in [1.54, 1.807) is 4.90 Å². The normalized spacial score (nSPS) is 14.6. The lowest BCUT2D eigenvalue weighted by molar-refractivity contribution is 0.151. The zero-order chi connectivity index (χ0) is 18.4. The fraction of sp³-hybridized carbons (Fsp3) is 0.350. The van der Waals surface area contributed by atoms with Gasteiger partial charge < -0.3 is 15.0 Å². The number of nitrogens with one attached hydrogen (secondary N) is 1. The molecule has 2 aromatic rings. The Balaban J connectivity index is 1.65. The lowest BCUT2D eigenvalue weighted by Gasteiger charge is -2.20. The molecular formula is C20H22F2N2O2. The first-order valence-electron chi connectivity index (χ1n) is 8.87. The van der Waals surface area contributed by atoms with Crippen LogP contribution in [-0.4, -0.2) is 24.1 Å². The van der Waals surface area contributed by atoms with E-state index in [9.17, 15) is 13.6 Å². The Morgan fingerprint density at radius 2 is 1.65 bits per heavy atom. The number of halogens is 2. The molecule has 0 aliphatic carbocycles. The Bertz CT molecular complexity index is 745. The van der Waals surface area contributed by atoms with E-state index in [0.717, 1.165) is 31.2 Å². The number of hydrogen-bond donors (Lipinski definition) is 1. The van der Waals surface area contributed by atoms with Crippen molar-refractivity contribution in [1.82, 2.24) is 4.90 Å². The summed E-state index contributed by atoms with van der Waals surface area (Å²) in [5, 5.41) is 2.86. The molecule has 0 aromatic heterocycles. The third-order valence-corrected chi connectivity index (χ3v) is 4.43. The highest BCUT2D eigenvalue weighted by molar-refractivity contribution is 5.71. The van der Waals surface area contributed by atoms with Crippen molar-refractivity contribution in [3.63, 3.8) is 0 Å². The molecule has 2 aromatic carbocycles. The van der Waals surface area contributed by atoms with Gasteiger partial charge in [-0.1, -0.05) is 43.2 Å². The molecule has 1 N–H and O–H groups in total. The molecule has 1 amide bonds.